The quantitative estimate of drug-likeness (QED) is 0.875. The molecule has 2 heterocycles. The van der Waals surface area contributed by atoms with Crippen molar-refractivity contribution in [1.82, 2.24) is 20.2 Å². The first-order valence-corrected chi connectivity index (χ1v) is 6.81. The summed E-state index contributed by atoms with van der Waals surface area (Å²) >= 11 is 0. The largest absolute Gasteiger partial charge is 0.368 e. The minimum atomic E-state index is 0.371. The van der Waals surface area contributed by atoms with E-state index in [1.807, 2.05) is 13.1 Å². The van der Waals surface area contributed by atoms with E-state index in [-0.39, 0.29) is 0 Å². The Morgan fingerprint density at radius 1 is 1.20 bits per heavy atom. The van der Waals surface area contributed by atoms with E-state index in [0.29, 0.717) is 5.95 Å². The minimum Gasteiger partial charge on any atom is -0.368 e. The number of rotatable bonds is 4. The van der Waals surface area contributed by atoms with Crippen LogP contribution in [0.3, 0.4) is 0 Å². The molecule has 0 fully saturated rings. The molecule has 5 heteroatoms. The standard InChI is InChI=1S/C15H19N5/c1-17-7-13-12-9-20(8-11-5-3-2-4-6-11)10-14(12)19-15(16)18-13/h2-6,17H,7-10H2,1H3,(H2,16,18,19). The summed E-state index contributed by atoms with van der Waals surface area (Å²) in [5.74, 6) is 0.371. The summed E-state index contributed by atoms with van der Waals surface area (Å²) in [6, 6.07) is 10.5. The lowest BCUT2D eigenvalue weighted by atomic mass is 10.2. The van der Waals surface area contributed by atoms with Gasteiger partial charge in [0, 0.05) is 31.7 Å². The number of anilines is 1. The maximum atomic E-state index is 5.79. The molecule has 2 aromatic rings. The number of nitrogens with two attached hydrogens (primary N) is 1. The van der Waals surface area contributed by atoms with Gasteiger partial charge < -0.3 is 11.1 Å². The highest BCUT2D eigenvalue weighted by Gasteiger charge is 2.24. The number of nitrogens with zero attached hydrogens (tertiary/aromatic N) is 3. The molecule has 0 saturated heterocycles. The number of nitrogen functional groups attached to an aromatic ring is 1. The predicted octanol–water partition coefficient (Wildman–Crippen LogP) is 1.29. The molecule has 0 atom stereocenters. The highest BCUT2D eigenvalue weighted by atomic mass is 15.2. The van der Waals surface area contributed by atoms with Crippen LogP contribution in [0.15, 0.2) is 30.3 Å². The van der Waals surface area contributed by atoms with E-state index in [9.17, 15) is 0 Å². The van der Waals surface area contributed by atoms with Crippen LogP contribution in [0.2, 0.25) is 0 Å². The predicted molar refractivity (Wildman–Crippen MR) is 78.6 cm³/mol. The number of fused-ring (bicyclic) bond motifs is 1. The van der Waals surface area contributed by atoms with E-state index in [1.165, 1.54) is 11.1 Å². The average molecular weight is 269 g/mol. The van der Waals surface area contributed by atoms with Gasteiger partial charge in [-0.25, -0.2) is 9.97 Å². The summed E-state index contributed by atoms with van der Waals surface area (Å²) in [4.78, 5) is 11.1. The van der Waals surface area contributed by atoms with Gasteiger partial charge in [-0.2, -0.15) is 0 Å². The fraction of sp³-hybridized carbons (Fsp3) is 0.333. The van der Waals surface area contributed by atoms with Crippen molar-refractivity contribution in [3.8, 4) is 0 Å². The molecule has 1 aromatic carbocycles. The van der Waals surface area contributed by atoms with Crippen molar-refractivity contribution >= 4 is 5.95 Å². The Morgan fingerprint density at radius 3 is 2.75 bits per heavy atom. The lowest BCUT2D eigenvalue weighted by Crippen LogP contribution is -2.16. The maximum Gasteiger partial charge on any atom is 0.220 e. The van der Waals surface area contributed by atoms with Gasteiger partial charge in [0.05, 0.1) is 11.4 Å². The molecule has 3 N–H and O–H groups in total. The van der Waals surface area contributed by atoms with Gasteiger partial charge in [-0.15, -0.1) is 0 Å². The summed E-state index contributed by atoms with van der Waals surface area (Å²) in [7, 11) is 1.92. The van der Waals surface area contributed by atoms with Crippen molar-refractivity contribution in [1.29, 1.82) is 0 Å². The first-order chi connectivity index (χ1) is 9.76. The van der Waals surface area contributed by atoms with Crippen molar-refractivity contribution < 1.29 is 0 Å². The summed E-state index contributed by atoms with van der Waals surface area (Å²) in [5.41, 5.74) is 10.4. The van der Waals surface area contributed by atoms with E-state index in [4.69, 9.17) is 5.73 Å². The number of hydrogen-bond acceptors (Lipinski definition) is 5. The molecule has 104 valence electrons. The Labute approximate surface area is 118 Å². The Morgan fingerprint density at radius 2 is 2.00 bits per heavy atom. The van der Waals surface area contributed by atoms with Crippen LogP contribution >= 0.6 is 0 Å². The summed E-state index contributed by atoms with van der Waals surface area (Å²) in [6.07, 6.45) is 0. The molecule has 1 aliphatic rings. The van der Waals surface area contributed by atoms with Gasteiger partial charge in [0.15, 0.2) is 0 Å². The van der Waals surface area contributed by atoms with Gasteiger partial charge in [-0.1, -0.05) is 30.3 Å². The zero-order chi connectivity index (χ0) is 13.9. The molecule has 5 nitrogen and oxygen atoms in total. The molecule has 3 rings (SSSR count). The Balaban J connectivity index is 1.79. The number of hydrogen-bond donors (Lipinski definition) is 2. The van der Waals surface area contributed by atoms with Crippen LogP contribution in [-0.4, -0.2) is 21.9 Å². The molecule has 0 saturated carbocycles. The van der Waals surface area contributed by atoms with E-state index < -0.39 is 0 Å². The van der Waals surface area contributed by atoms with E-state index in [2.05, 4.69) is 44.5 Å². The first-order valence-electron chi connectivity index (χ1n) is 6.81. The van der Waals surface area contributed by atoms with Crippen molar-refractivity contribution in [2.75, 3.05) is 12.8 Å². The summed E-state index contributed by atoms with van der Waals surface area (Å²) < 4.78 is 0. The second-order valence-corrected chi connectivity index (χ2v) is 5.11. The molecule has 0 aliphatic carbocycles. The monoisotopic (exact) mass is 269 g/mol. The summed E-state index contributed by atoms with van der Waals surface area (Å²) in [6.45, 7) is 3.39. The van der Waals surface area contributed by atoms with Gasteiger partial charge in [0.25, 0.3) is 0 Å². The fourth-order valence-corrected chi connectivity index (χ4v) is 2.67. The third kappa shape index (κ3) is 2.64. The van der Waals surface area contributed by atoms with Crippen molar-refractivity contribution in [2.45, 2.75) is 26.2 Å². The van der Waals surface area contributed by atoms with Crippen LogP contribution in [0.4, 0.5) is 5.95 Å². The third-order valence-corrected chi connectivity index (χ3v) is 3.54. The first kappa shape index (κ1) is 13.0. The Hall–Kier alpha value is -1.98. The van der Waals surface area contributed by atoms with E-state index in [1.54, 1.807) is 0 Å². The van der Waals surface area contributed by atoms with Gasteiger partial charge in [0.2, 0.25) is 5.95 Å². The fourth-order valence-electron chi connectivity index (χ4n) is 2.67. The molecule has 0 unspecified atom stereocenters. The van der Waals surface area contributed by atoms with Crippen molar-refractivity contribution in [3.05, 3.63) is 52.8 Å². The van der Waals surface area contributed by atoms with Crippen LogP contribution in [0.5, 0.6) is 0 Å². The third-order valence-electron chi connectivity index (χ3n) is 3.54. The second kappa shape index (κ2) is 5.56. The van der Waals surface area contributed by atoms with Crippen LogP contribution in [0.1, 0.15) is 22.5 Å². The SMILES string of the molecule is CNCc1nc(N)nc2c1CN(Cc1ccccc1)C2. The maximum absolute atomic E-state index is 5.79. The van der Waals surface area contributed by atoms with Gasteiger partial charge in [-0.3, -0.25) is 4.90 Å². The molecule has 0 amide bonds. The molecule has 0 radical (unpaired) electrons. The van der Waals surface area contributed by atoms with E-state index in [0.717, 1.165) is 37.6 Å². The number of aromatic nitrogens is 2. The molecular weight excluding hydrogens is 250 g/mol. The highest BCUT2D eigenvalue weighted by Crippen LogP contribution is 2.25. The molecule has 0 spiro atoms. The second-order valence-electron chi connectivity index (χ2n) is 5.11. The van der Waals surface area contributed by atoms with Crippen LogP contribution in [0, 0.1) is 0 Å². The molecule has 1 aliphatic heterocycles. The van der Waals surface area contributed by atoms with Crippen LogP contribution < -0.4 is 11.1 Å². The zero-order valence-corrected chi connectivity index (χ0v) is 11.6. The van der Waals surface area contributed by atoms with Crippen molar-refractivity contribution in [3.63, 3.8) is 0 Å². The lowest BCUT2D eigenvalue weighted by molar-refractivity contribution is 0.273. The Bertz CT molecular complexity index is 597. The number of benzene rings is 1. The molecule has 20 heavy (non-hydrogen) atoms. The minimum absolute atomic E-state index is 0.371. The van der Waals surface area contributed by atoms with Gasteiger partial charge in [-0.05, 0) is 12.6 Å². The van der Waals surface area contributed by atoms with Gasteiger partial charge in [0.1, 0.15) is 0 Å². The lowest BCUT2D eigenvalue weighted by Gasteiger charge is -2.14. The van der Waals surface area contributed by atoms with Crippen LogP contribution in [0.25, 0.3) is 0 Å². The van der Waals surface area contributed by atoms with Gasteiger partial charge >= 0.3 is 0 Å². The molecule has 0 bridgehead atoms. The van der Waals surface area contributed by atoms with Crippen molar-refractivity contribution in [2.24, 2.45) is 0 Å². The van der Waals surface area contributed by atoms with Crippen LogP contribution in [-0.2, 0) is 26.2 Å². The smallest absolute Gasteiger partial charge is 0.220 e. The summed E-state index contributed by atoms with van der Waals surface area (Å²) in [5, 5.41) is 3.14. The Kier molecular flexibility index (Phi) is 3.62. The zero-order valence-electron chi connectivity index (χ0n) is 11.6. The highest BCUT2D eigenvalue weighted by molar-refractivity contribution is 5.34. The number of nitrogens with one attached hydrogen (secondary N) is 1. The van der Waals surface area contributed by atoms with E-state index >= 15 is 0 Å². The topological polar surface area (TPSA) is 67.1 Å². The molecule has 1 aromatic heterocycles. The normalized spacial score (nSPS) is 14.4. The average Bonchev–Trinajstić information content (AvgIpc) is 2.82. The molecular formula is C15H19N5.